The molecule has 1 atom stereocenters. The van der Waals surface area contributed by atoms with Gasteiger partial charge in [-0.2, -0.15) is 13.2 Å². The van der Waals surface area contributed by atoms with Crippen LogP contribution in [0.15, 0.2) is 29.2 Å². The first kappa shape index (κ1) is 15.4. The van der Waals surface area contributed by atoms with Crippen molar-refractivity contribution in [3.8, 4) is 12.3 Å². The number of terminal acetylenes is 1. The quantitative estimate of drug-likeness (QED) is 0.868. The van der Waals surface area contributed by atoms with Gasteiger partial charge in [-0.15, -0.1) is 6.42 Å². The summed E-state index contributed by atoms with van der Waals surface area (Å²) >= 11 is 0. The van der Waals surface area contributed by atoms with Crippen LogP contribution in [-0.4, -0.2) is 20.0 Å². The fourth-order valence-corrected chi connectivity index (χ4v) is 2.32. The molecule has 3 nitrogen and oxygen atoms in total. The highest BCUT2D eigenvalue weighted by Crippen LogP contribution is 2.34. The second kappa shape index (κ2) is 5.53. The molecule has 1 aromatic carbocycles. The van der Waals surface area contributed by atoms with E-state index < -0.39 is 26.3 Å². The zero-order chi connectivity index (χ0) is 14.7. The number of alkyl halides is 3. The standard InChI is InChI=1S/C12H12F3NO2S/c1-3-9(4-2)16-10-7-5-6-8-11(10)19(17,18)12(13,14)15/h1,5-9,16H,4H2,2H3. The fraction of sp³-hybridized carbons (Fsp3) is 0.333. The number of halogens is 3. The van der Waals surface area contributed by atoms with Gasteiger partial charge < -0.3 is 5.32 Å². The van der Waals surface area contributed by atoms with Gasteiger partial charge in [0, 0.05) is 0 Å². The number of hydrogen-bond donors (Lipinski definition) is 1. The molecule has 0 bridgehead atoms. The average Bonchev–Trinajstić information content (AvgIpc) is 2.35. The van der Waals surface area contributed by atoms with Crippen molar-refractivity contribution >= 4 is 15.5 Å². The minimum absolute atomic E-state index is 0.148. The molecular weight excluding hydrogens is 279 g/mol. The zero-order valence-electron chi connectivity index (χ0n) is 10.0. The molecule has 0 amide bonds. The van der Waals surface area contributed by atoms with E-state index in [4.69, 9.17) is 6.42 Å². The molecule has 104 valence electrons. The summed E-state index contributed by atoms with van der Waals surface area (Å²) in [5.41, 5.74) is -5.49. The topological polar surface area (TPSA) is 46.2 Å². The number of para-hydroxylation sites is 1. The van der Waals surface area contributed by atoms with Crippen molar-refractivity contribution in [2.24, 2.45) is 0 Å². The van der Waals surface area contributed by atoms with E-state index >= 15 is 0 Å². The molecule has 0 heterocycles. The Morgan fingerprint density at radius 3 is 2.42 bits per heavy atom. The average molecular weight is 291 g/mol. The SMILES string of the molecule is C#CC(CC)Nc1ccccc1S(=O)(=O)C(F)(F)F. The molecule has 0 radical (unpaired) electrons. The largest absolute Gasteiger partial charge is 0.501 e. The van der Waals surface area contributed by atoms with Gasteiger partial charge in [0.15, 0.2) is 0 Å². The van der Waals surface area contributed by atoms with Gasteiger partial charge in [0.2, 0.25) is 0 Å². The van der Waals surface area contributed by atoms with Gasteiger partial charge in [-0.3, -0.25) is 0 Å². The molecule has 7 heteroatoms. The lowest BCUT2D eigenvalue weighted by Gasteiger charge is -2.17. The molecule has 19 heavy (non-hydrogen) atoms. The molecule has 0 aliphatic carbocycles. The maximum atomic E-state index is 12.5. The van der Waals surface area contributed by atoms with Gasteiger partial charge in [-0.25, -0.2) is 8.42 Å². The summed E-state index contributed by atoms with van der Waals surface area (Å²) in [5.74, 6) is 2.33. The lowest BCUT2D eigenvalue weighted by Crippen LogP contribution is -2.25. The minimum atomic E-state index is -5.40. The Morgan fingerprint density at radius 2 is 1.95 bits per heavy atom. The van der Waals surface area contributed by atoms with Crippen molar-refractivity contribution in [2.45, 2.75) is 29.8 Å². The van der Waals surface area contributed by atoms with Crippen LogP contribution in [0.4, 0.5) is 18.9 Å². The summed E-state index contributed by atoms with van der Waals surface area (Å²) < 4.78 is 60.5. The highest BCUT2D eigenvalue weighted by molar-refractivity contribution is 7.92. The maximum absolute atomic E-state index is 12.5. The predicted molar refractivity (Wildman–Crippen MR) is 66.2 cm³/mol. The minimum Gasteiger partial charge on any atom is -0.371 e. The smallest absolute Gasteiger partial charge is 0.371 e. The monoisotopic (exact) mass is 291 g/mol. The van der Waals surface area contributed by atoms with Crippen LogP contribution >= 0.6 is 0 Å². The first-order valence-corrected chi connectivity index (χ1v) is 6.85. The van der Waals surface area contributed by atoms with Crippen molar-refractivity contribution in [2.75, 3.05) is 5.32 Å². The Kier molecular flexibility index (Phi) is 4.48. The van der Waals surface area contributed by atoms with Gasteiger partial charge >= 0.3 is 5.51 Å². The van der Waals surface area contributed by atoms with E-state index in [0.29, 0.717) is 6.42 Å². The summed E-state index contributed by atoms with van der Waals surface area (Å²) in [6.45, 7) is 1.73. The van der Waals surface area contributed by atoms with Crippen LogP contribution in [0, 0.1) is 12.3 Å². The number of hydrogen-bond acceptors (Lipinski definition) is 3. The predicted octanol–water partition coefficient (Wildman–Crippen LogP) is 2.80. The van der Waals surface area contributed by atoms with Crippen molar-refractivity contribution in [1.29, 1.82) is 0 Å². The van der Waals surface area contributed by atoms with Gasteiger partial charge in [-0.1, -0.05) is 25.0 Å². The Hall–Kier alpha value is -1.68. The van der Waals surface area contributed by atoms with E-state index in [-0.39, 0.29) is 5.69 Å². The van der Waals surface area contributed by atoms with Crippen molar-refractivity contribution in [3.05, 3.63) is 24.3 Å². The van der Waals surface area contributed by atoms with Gasteiger partial charge in [0.1, 0.15) is 0 Å². The van der Waals surface area contributed by atoms with Gasteiger partial charge in [-0.05, 0) is 18.6 Å². The molecule has 1 unspecified atom stereocenters. The van der Waals surface area contributed by atoms with E-state index in [0.717, 1.165) is 6.07 Å². The second-order valence-corrected chi connectivity index (χ2v) is 5.63. The second-order valence-electron chi connectivity index (χ2n) is 3.72. The summed E-state index contributed by atoms with van der Waals surface area (Å²) in [5, 5.41) is 2.61. The first-order valence-electron chi connectivity index (χ1n) is 5.37. The van der Waals surface area contributed by atoms with Crippen LogP contribution in [0.25, 0.3) is 0 Å². The summed E-state index contributed by atoms with van der Waals surface area (Å²) in [6.07, 6.45) is 5.65. The molecule has 1 N–H and O–H groups in total. The summed E-state index contributed by atoms with van der Waals surface area (Å²) in [7, 11) is -5.40. The number of benzene rings is 1. The van der Waals surface area contributed by atoms with Crippen LogP contribution in [0.1, 0.15) is 13.3 Å². The van der Waals surface area contributed by atoms with Crippen molar-refractivity contribution in [1.82, 2.24) is 0 Å². The van der Waals surface area contributed by atoms with Crippen molar-refractivity contribution < 1.29 is 21.6 Å². The first-order chi connectivity index (χ1) is 8.74. The lowest BCUT2D eigenvalue weighted by atomic mass is 10.2. The Balaban J connectivity index is 3.29. The van der Waals surface area contributed by atoms with E-state index in [1.807, 2.05) is 0 Å². The third-order valence-corrected chi connectivity index (χ3v) is 3.96. The van der Waals surface area contributed by atoms with Crippen molar-refractivity contribution in [3.63, 3.8) is 0 Å². The third kappa shape index (κ3) is 3.20. The Morgan fingerprint density at radius 1 is 1.37 bits per heavy atom. The lowest BCUT2D eigenvalue weighted by molar-refractivity contribution is -0.0435. The zero-order valence-corrected chi connectivity index (χ0v) is 10.8. The molecule has 0 fully saturated rings. The molecule has 0 aliphatic rings. The number of sulfone groups is 1. The van der Waals surface area contributed by atoms with Gasteiger partial charge in [0.05, 0.1) is 16.6 Å². The normalized spacial score (nSPS) is 13.6. The molecule has 1 rings (SSSR count). The Bertz CT molecular complexity index is 588. The van der Waals surface area contributed by atoms with Crippen LogP contribution in [0.5, 0.6) is 0 Å². The number of anilines is 1. The van der Waals surface area contributed by atoms with E-state index in [1.54, 1.807) is 6.92 Å². The highest BCUT2D eigenvalue weighted by atomic mass is 32.2. The summed E-state index contributed by atoms with van der Waals surface area (Å²) in [6, 6.07) is 4.26. The third-order valence-electron chi connectivity index (χ3n) is 2.42. The maximum Gasteiger partial charge on any atom is 0.501 e. The molecule has 0 aromatic heterocycles. The summed E-state index contributed by atoms with van der Waals surface area (Å²) in [4.78, 5) is -0.823. The van der Waals surface area contributed by atoms with E-state index in [1.165, 1.54) is 18.2 Å². The van der Waals surface area contributed by atoms with Crippen LogP contribution in [-0.2, 0) is 9.84 Å². The van der Waals surface area contributed by atoms with Crippen LogP contribution in [0.2, 0.25) is 0 Å². The highest BCUT2D eigenvalue weighted by Gasteiger charge is 2.47. The van der Waals surface area contributed by atoms with E-state index in [2.05, 4.69) is 11.2 Å². The van der Waals surface area contributed by atoms with Crippen LogP contribution < -0.4 is 5.32 Å². The molecule has 0 spiro atoms. The Labute approximate surface area is 109 Å². The fourth-order valence-electron chi connectivity index (χ4n) is 1.39. The number of rotatable bonds is 4. The molecule has 0 aliphatic heterocycles. The molecule has 0 saturated carbocycles. The van der Waals surface area contributed by atoms with E-state index in [9.17, 15) is 21.6 Å². The molecule has 1 aromatic rings. The number of nitrogens with one attached hydrogen (secondary N) is 1. The van der Waals surface area contributed by atoms with Crippen LogP contribution in [0.3, 0.4) is 0 Å². The molecule has 0 saturated heterocycles. The molecular formula is C12H12F3NO2S. The van der Waals surface area contributed by atoms with Gasteiger partial charge in [0.25, 0.3) is 9.84 Å².